The van der Waals surface area contributed by atoms with Crippen LogP contribution in [0.1, 0.15) is 26.7 Å². The minimum absolute atomic E-state index is 0.195. The van der Waals surface area contributed by atoms with Crippen LogP contribution in [0.15, 0.2) is 11.8 Å². The van der Waals surface area contributed by atoms with E-state index in [9.17, 15) is 4.79 Å². The minimum atomic E-state index is -0.342. The van der Waals surface area contributed by atoms with Crippen LogP contribution < -0.4 is 0 Å². The SMILES string of the molecule is CCOC(=O)C(C)=COC1CCCO1. The largest absolute Gasteiger partial charge is 0.472 e. The van der Waals surface area contributed by atoms with E-state index in [1.807, 2.05) is 0 Å². The van der Waals surface area contributed by atoms with Crippen molar-refractivity contribution >= 4 is 5.97 Å². The molecule has 0 radical (unpaired) electrons. The van der Waals surface area contributed by atoms with E-state index in [0.29, 0.717) is 12.2 Å². The summed E-state index contributed by atoms with van der Waals surface area (Å²) in [6.07, 6.45) is 3.11. The van der Waals surface area contributed by atoms with Crippen molar-refractivity contribution in [2.45, 2.75) is 33.0 Å². The summed E-state index contributed by atoms with van der Waals surface area (Å²) in [5.74, 6) is -0.342. The highest BCUT2D eigenvalue weighted by atomic mass is 16.7. The molecule has 0 aromatic heterocycles. The number of ether oxygens (including phenoxy) is 3. The average Bonchev–Trinajstić information content (AvgIpc) is 2.67. The van der Waals surface area contributed by atoms with Gasteiger partial charge in [-0.2, -0.15) is 0 Å². The van der Waals surface area contributed by atoms with Crippen molar-refractivity contribution in [2.75, 3.05) is 13.2 Å². The Morgan fingerprint density at radius 1 is 1.64 bits per heavy atom. The van der Waals surface area contributed by atoms with Gasteiger partial charge in [0, 0.05) is 6.42 Å². The molecule has 4 heteroatoms. The van der Waals surface area contributed by atoms with Crippen molar-refractivity contribution in [1.29, 1.82) is 0 Å². The molecule has 0 spiro atoms. The molecule has 1 atom stereocenters. The lowest BCUT2D eigenvalue weighted by Crippen LogP contribution is -2.09. The molecule has 1 unspecified atom stereocenters. The molecule has 1 heterocycles. The van der Waals surface area contributed by atoms with Crippen LogP contribution in [0.3, 0.4) is 0 Å². The van der Waals surface area contributed by atoms with Crippen LogP contribution in [-0.2, 0) is 19.0 Å². The lowest BCUT2D eigenvalue weighted by Gasteiger charge is -2.09. The van der Waals surface area contributed by atoms with Gasteiger partial charge in [-0.1, -0.05) is 0 Å². The molecule has 1 saturated heterocycles. The van der Waals surface area contributed by atoms with Gasteiger partial charge in [0.05, 0.1) is 25.0 Å². The van der Waals surface area contributed by atoms with E-state index in [2.05, 4.69) is 0 Å². The first-order valence-electron chi connectivity index (χ1n) is 4.85. The van der Waals surface area contributed by atoms with Gasteiger partial charge in [-0.3, -0.25) is 0 Å². The molecule has 0 saturated carbocycles. The molecule has 1 fully saturated rings. The summed E-state index contributed by atoms with van der Waals surface area (Å²) in [7, 11) is 0. The van der Waals surface area contributed by atoms with Gasteiger partial charge in [0.15, 0.2) is 6.29 Å². The van der Waals surface area contributed by atoms with E-state index in [1.165, 1.54) is 6.26 Å². The second-order valence-electron chi connectivity index (χ2n) is 3.10. The molecule has 80 valence electrons. The lowest BCUT2D eigenvalue weighted by atomic mass is 10.3. The summed E-state index contributed by atoms with van der Waals surface area (Å²) in [6.45, 7) is 4.54. The molecule has 1 aliphatic heterocycles. The molecule has 0 aromatic rings. The minimum Gasteiger partial charge on any atom is -0.472 e. The number of hydrogen-bond donors (Lipinski definition) is 0. The van der Waals surface area contributed by atoms with E-state index in [4.69, 9.17) is 14.2 Å². The fourth-order valence-corrected chi connectivity index (χ4v) is 1.13. The summed E-state index contributed by atoms with van der Waals surface area (Å²) in [5.41, 5.74) is 0.461. The maximum atomic E-state index is 11.1. The van der Waals surface area contributed by atoms with Gasteiger partial charge in [-0.25, -0.2) is 4.79 Å². The summed E-state index contributed by atoms with van der Waals surface area (Å²) in [4.78, 5) is 11.1. The second kappa shape index (κ2) is 5.65. The van der Waals surface area contributed by atoms with Gasteiger partial charge in [0.2, 0.25) is 0 Å². The van der Waals surface area contributed by atoms with Crippen LogP contribution in [0.5, 0.6) is 0 Å². The zero-order chi connectivity index (χ0) is 10.4. The Kier molecular flexibility index (Phi) is 4.46. The summed E-state index contributed by atoms with van der Waals surface area (Å²) >= 11 is 0. The zero-order valence-corrected chi connectivity index (χ0v) is 8.62. The highest BCUT2D eigenvalue weighted by Crippen LogP contribution is 2.14. The van der Waals surface area contributed by atoms with Crippen molar-refractivity contribution in [3.8, 4) is 0 Å². The van der Waals surface area contributed by atoms with Crippen molar-refractivity contribution in [3.63, 3.8) is 0 Å². The summed E-state index contributed by atoms with van der Waals surface area (Å²) < 4.78 is 15.3. The van der Waals surface area contributed by atoms with E-state index in [-0.39, 0.29) is 12.3 Å². The molecular weight excluding hydrogens is 184 g/mol. The third kappa shape index (κ3) is 3.38. The maximum Gasteiger partial charge on any atom is 0.336 e. The van der Waals surface area contributed by atoms with Crippen molar-refractivity contribution < 1.29 is 19.0 Å². The normalized spacial score (nSPS) is 22.1. The van der Waals surface area contributed by atoms with Crippen LogP contribution in [-0.4, -0.2) is 25.5 Å². The molecule has 14 heavy (non-hydrogen) atoms. The molecular formula is C10H16O4. The van der Waals surface area contributed by atoms with E-state index in [1.54, 1.807) is 13.8 Å². The predicted molar refractivity (Wildman–Crippen MR) is 50.4 cm³/mol. The Morgan fingerprint density at radius 3 is 3.00 bits per heavy atom. The van der Waals surface area contributed by atoms with Gasteiger partial charge in [0.1, 0.15) is 0 Å². The quantitative estimate of drug-likeness (QED) is 0.393. The third-order valence-electron chi connectivity index (χ3n) is 1.88. The Morgan fingerprint density at radius 2 is 2.43 bits per heavy atom. The molecule has 4 nitrogen and oxygen atoms in total. The Balaban J connectivity index is 2.31. The van der Waals surface area contributed by atoms with Crippen LogP contribution in [0.25, 0.3) is 0 Å². The van der Waals surface area contributed by atoms with Crippen LogP contribution >= 0.6 is 0 Å². The third-order valence-corrected chi connectivity index (χ3v) is 1.88. The molecule has 0 amide bonds. The molecule has 0 N–H and O–H groups in total. The number of esters is 1. The molecule has 0 aliphatic carbocycles. The van der Waals surface area contributed by atoms with Crippen LogP contribution in [0, 0.1) is 0 Å². The molecule has 1 rings (SSSR count). The van der Waals surface area contributed by atoms with Crippen LogP contribution in [0.4, 0.5) is 0 Å². The van der Waals surface area contributed by atoms with Crippen LogP contribution in [0.2, 0.25) is 0 Å². The van der Waals surface area contributed by atoms with E-state index < -0.39 is 0 Å². The van der Waals surface area contributed by atoms with Crippen molar-refractivity contribution in [2.24, 2.45) is 0 Å². The topological polar surface area (TPSA) is 44.8 Å². The van der Waals surface area contributed by atoms with Gasteiger partial charge < -0.3 is 14.2 Å². The Hall–Kier alpha value is -1.03. The number of carbonyl (C=O) groups excluding carboxylic acids is 1. The highest BCUT2D eigenvalue weighted by Gasteiger charge is 2.15. The standard InChI is InChI=1S/C10H16O4/c1-3-12-10(11)8(2)7-14-9-5-4-6-13-9/h7,9H,3-6H2,1-2H3. The predicted octanol–water partition coefficient (Wildman–Crippen LogP) is 1.61. The number of carbonyl (C=O) groups is 1. The lowest BCUT2D eigenvalue weighted by molar-refractivity contribution is -0.138. The molecule has 0 aromatic carbocycles. The maximum absolute atomic E-state index is 11.1. The second-order valence-corrected chi connectivity index (χ2v) is 3.10. The van der Waals surface area contributed by atoms with Gasteiger partial charge in [0.25, 0.3) is 0 Å². The first-order valence-corrected chi connectivity index (χ1v) is 4.85. The van der Waals surface area contributed by atoms with Gasteiger partial charge in [-0.15, -0.1) is 0 Å². The molecule has 0 bridgehead atoms. The fraction of sp³-hybridized carbons (Fsp3) is 0.700. The average molecular weight is 200 g/mol. The van der Waals surface area contributed by atoms with Crippen molar-refractivity contribution in [3.05, 3.63) is 11.8 Å². The van der Waals surface area contributed by atoms with Crippen molar-refractivity contribution in [1.82, 2.24) is 0 Å². The number of hydrogen-bond acceptors (Lipinski definition) is 4. The Bertz CT molecular complexity index is 216. The monoisotopic (exact) mass is 200 g/mol. The van der Waals surface area contributed by atoms with E-state index in [0.717, 1.165) is 19.4 Å². The first kappa shape index (κ1) is 11.0. The van der Waals surface area contributed by atoms with Gasteiger partial charge in [-0.05, 0) is 20.3 Å². The molecule has 1 aliphatic rings. The van der Waals surface area contributed by atoms with E-state index >= 15 is 0 Å². The Labute approximate surface area is 83.8 Å². The number of rotatable bonds is 4. The summed E-state index contributed by atoms with van der Waals surface area (Å²) in [5, 5.41) is 0. The summed E-state index contributed by atoms with van der Waals surface area (Å²) in [6, 6.07) is 0. The highest BCUT2D eigenvalue weighted by molar-refractivity contribution is 5.87. The zero-order valence-electron chi connectivity index (χ0n) is 8.62. The fourth-order valence-electron chi connectivity index (χ4n) is 1.13. The first-order chi connectivity index (χ1) is 6.74. The smallest absolute Gasteiger partial charge is 0.336 e. The van der Waals surface area contributed by atoms with Gasteiger partial charge >= 0.3 is 5.97 Å².